The second-order valence-electron chi connectivity index (χ2n) is 3.68. The lowest BCUT2D eigenvalue weighted by molar-refractivity contribution is 0.268. The van der Waals surface area contributed by atoms with E-state index in [0.717, 1.165) is 0 Å². The predicted octanol–water partition coefficient (Wildman–Crippen LogP) is 2.42. The summed E-state index contributed by atoms with van der Waals surface area (Å²) in [5, 5.41) is 3.64. The number of ether oxygens (including phenoxy) is 1. The first-order valence-corrected chi connectivity index (χ1v) is 5.38. The van der Waals surface area contributed by atoms with Gasteiger partial charge in [0, 0.05) is 12.6 Å². The van der Waals surface area contributed by atoms with Crippen LogP contribution >= 0.6 is 11.6 Å². The van der Waals surface area contributed by atoms with Crippen LogP contribution in [0, 0.1) is 0 Å². The topological polar surface area (TPSA) is 21.3 Å². The zero-order valence-corrected chi connectivity index (χ0v) is 9.01. The Balaban J connectivity index is 1.86. The molecule has 1 N–H and O–H groups in total. The van der Waals surface area contributed by atoms with Gasteiger partial charge < -0.3 is 10.1 Å². The van der Waals surface area contributed by atoms with Gasteiger partial charge in [0.2, 0.25) is 0 Å². The fourth-order valence-corrected chi connectivity index (χ4v) is 1.84. The standard InChI is InChI=1S/C11H13ClFNO/c12-10-3-1-2-4-11(10)15-7-9-5-8(13)6-14-9/h1-4,8-9,14H,5-7H2. The first kappa shape index (κ1) is 10.7. The lowest BCUT2D eigenvalue weighted by Gasteiger charge is -2.12. The molecule has 0 aliphatic carbocycles. The van der Waals surface area contributed by atoms with Crippen molar-refractivity contribution in [1.29, 1.82) is 0 Å². The molecule has 0 bridgehead atoms. The summed E-state index contributed by atoms with van der Waals surface area (Å²) in [6, 6.07) is 7.39. The van der Waals surface area contributed by atoms with Gasteiger partial charge in [-0.25, -0.2) is 4.39 Å². The van der Waals surface area contributed by atoms with E-state index in [1.807, 2.05) is 18.2 Å². The van der Waals surface area contributed by atoms with Crippen LogP contribution in [0.5, 0.6) is 5.75 Å². The minimum Gasteiger partial charge on any atom is -0.490 e. The Hall–Kier alpha value is -0.800. The van der Waals surface area contributed by atoms with Gasteiger partial charge in [-0.1, -0.05) is 23.7 Å². The summed E-state index contributed by atoms with van der Waals surface area (Å²) in [6.07, 6.45) is -0.227. The maximum atomic E-state index is 12.8. The van der Waals surface area contributed by atoms with Crippen LogP contribution in [0.15, 0.2) is 24.3 Å². The van der Waals surface area contributed by atoms with Gasteiger partial charge in [-0.2, -0.15) is 0 Å². The summed E-state index contributed by atoms with van der Waals surface area (Å²) >= 11 is 5.92. The summed E-state index contributed by atoms with van der Waals surface area (Å²) in [6.45, 7) is 0.890. The first-order chi connectivity index (χ1) is 7.25. The maximum Gasteiger partial charge on any atom is 0.137 e. The highest BCUT2D eigenvalue weighted by molar-refractivity contribution is 6.32. The van der Waals surface area contributed by atoms with Crippen LogP contribution in [0.25, 0.3) is 0 Å². The van der Waals surface area contributed by atoms with Gasteiger partial charge in [-0.05, 0) is 18.6 Å². The maximum absolute atomic E-state index is 12.8. The average Bonchev–Trinajstić information content (AvgIpc) is 2.63. The second-order valence-corrected chi connectivity index (χ2v) is 4.09. The molecule has 0 spiro atoms. The quantitative estimate of drug-likeness (QED) is 0.860. The smallest absolute Gasteiger partial charge is 0.137 e. The number of alkyl halides is 1. The van der Waals surface area contributed by atoms with E-state index in [1.54, 1.807) is 6.07 Å². The molecule has 0 saturated carbocycles. The Kier molecular flexibility index (Phi) is 3.44. The van der Waals surface area contributed by atoms with Crippen molar-refractivity contribution >= 4 is 11.6 Å². The normalized spacial score (nSPS) is 25.5. The molecule has 2 atom stereocenters. The highest BCUT2D eigenvalue weighted by Crippen LogP contribution is 2.23. The van der Waals surface area contributed by atoms with Crippen molar-refractivity contribution in [2.45, 2.75) is 18.6 Å². The Morgan fingerprint density at radius 1 is 1.47 bits per heavy atom. The number of hydrogen-bond acceptors (Lipinski definition) is 2. The summed E-state index contributed by atoms with van der Waals surface area (Å²) in [4.78, 5) is 0. The number of halogens is 2. The van der Waals surface area contributed by atoms with Gasteiger partial charge in [-0.15, -0.1) is 0 Å². The van der Waals surface area contributed by atoms with Crippen LogP contribution < -0.4 is 10.1 Å². The summed E-state index contributed by atoms with van der Waals surface area (Å²) in [5.41, 5.74) is 0. The average molecular weight is 230 g/mol. The van der Waals surface area contributed by atoms with E-state index in [4.69, 9.17) is 16.3 Å². The minimum atomic E-state index is -0.746. The number of para-hydroxylation sites is 1. The molecule has 2 unspecified atom stereocenters. The van der Waals surface area contributed by atoms with E-state index >= 15 is 0 Å². The fourth-order valence-electron chi connectivity index (χ4n) is 1.65. The molecule has 1 fully saturated rings. The number of nitrogens with one attached hydrogen (secondary N) is 1. The third-order valence-corrected chi connectivity index (χ3v) is 2.76. The van der Waals surface area contributed by atoms with Crippen molar-refractivity contribution in [2.75, 3.05) is 13.2 Å². The van der Waals surface area contributed by atoms with Gasteiger partial charge in [-0.3, -0.25) is 0 Å². The Labute approximate surface area is 93.4 Å². The highest BCUT2D eigenvalue weighted by Gasteiger charge is 2.23. The number of rotatable bonds is 3. The molecule has 2 nitrogen and oxygen atoms in total. The van der Waals surface area contributed by atoms with E-state index in [2.05, 4.69) is 5.32 Å². The predicted molar refractivity (Wildman–Crippen MR) is 58.3 cm³/mol. The van der Waals surface area contributed by atoms with Gasteiger partial charge in [0.25, 0.3) is 0 Å². The molecule has 1 aliphatic heterocycles. The summed E-state index contributed by atoms with van der Waals surface area (Å²) < 4.78 is 18.3. The van der Waals surface area contributed by atoms with Crippen LogP contribution in [-0.4, -0.2) is 25.4 Å². The van der Waals surface area contributed by atoms with Gasteiger partial charge in [0.05, 0.1) is 5.02 Å². The summed E-state index contributed by atoms with van der Waals surface area (Å²) in [7, 11) is 0. The van der Waals surface area contributed by atoms with E-state index in [-0.39, 0.29) is 6.04 Å². The molecule has 0 radical (unpaired) electrons. The zero-order valence-electron chi connectivity index (χ0n) is 8.25. The monoisotopic (exact) mass is 229 g/mol. The van der Waals surface area contributed by atoms with E-state index in [0.29, 0.717) is 30.3 Å². The van der Waals surface area contributed by atoms with Crippen LogP contribution in [0.1, 0.15) is 6.42 Å². The van der Waals surface area contributed by atoms with Crippen LogP contribution in [0.4, 0.5) is 4.39 Å². The van der Waals surface area contributed by atoms with Crippen LogP contribution in [0.2, 0.25) is 5.02 Å². The Bertz CT molecular complexity index is 334. The molecule has 0 aromatic heterocycles. The molecule has 1 aliphatic rings. The first-order valence-electron chi connectivity index (χ1n) is 5.00. The number of benzene rings is 1. The molecular weight excluding hydrogens is 217 g/mol. The highest BCUT2D eigenvalue weighted by atomic mass is 35.5. The van der Waals surface area contributed by atoms with Gasteiger partial charge in [0.15, 0.2) is 0 Å². The molecule has 2 rings (SSSR count). The van der Waals surface area contributed by atoms with Crippen molar-refractivity contribution in [1.82, 2.24) is 5.32 Å². The lowest BCUT2D eigenvalue weighted by Crippen LogP contribution is -2.28. The van der Waals surface area contributed by atoms with Gasteiger partial charge >= 0.3 is 0 Å². The number of hydrogen-bond donors (Lipinski definition) is 1. The minimum absolute atomic E-state index is 0.0938. The molecule has 1 heterocycles. The Morgan fingerprint density at radius 3 is 2.93 bits per heavy atom. The molecule has 4 heteroatoms. The van der Waals surface area contributed by atoms with Crippen molar-refractivity contribution in [3.63, 3.8) is 0 Å². The molecule has 1 saturated heterocycles. The van der Waals surface area contributed by atoms with Crippen LogP contribution in [0.3, 0.4) is 0 Å². The van der Waals surface area contributed by atoms with E-state index < -0.39 is 6.17 Å². The van der Waals surface area contributed by atoms with E-state index in [9.17, 15) is 4.39 Å². The SMILES string of the molecule is FC1CNC(COc2ccccc2Cl)C1. The lowest BCUT2D eigenvalue weighted by atomic mass is 10.2. The van der Waals surface area contributed by atoms with Crippen molar-refractivity contribution < 1.29 is 9.13 Å². The third kappa shape index (κ3) is 2.83. The van der Waals surface area contributed by atoms with Crippen molar-refractivity contribution in [2.24, 2.45) is 0 Å². The molecule has 0 amide bonds. The molecule has 1 aromatic rings. The zero-order chi connectivity index (χ0) is 10.7. The molecule has 82 valence electrons. The molecule has 1 aromatic carbocycles. The Morgan fingerprint density at radius 2 is 2.27 bits per heavy atom. The summed E-state index contributed by atoms with van der Waals surface area (Å²) in [5.74, 6) is 0.656. The molecular formula is C11H13ClFNO. The van der Waals surface area contributed by atoms with Crippen molar-refractivity contribution in [3.8, 4) is 5.75 Å². The fraction of sp³-hybridized carbons (Fsp3) is 0.455. The largest absolute Gasteiger partial charge is 0.490 e. The van der Waals surface area contributed by atoms with Crippen molar-refractivity contribution in [3.05, 3.63) is 29.3 Å². The van der Waals surface area contributed by atoms with Gasteiger partial charge in [0.1, 0.15) is 18.5 Å². The van der Waals surface area contributed by atoms with Crippen LogP contribution in [-0.2, 0) is 0 Å². The molecule has 15 heavy (non-hydrogen) atoms. The van der Waals surface area contributed by atoms with E-state index in [1.165, 1.54) is 0 Å². The third-order valence-electron chi connectivity index (χ3n) is 2.44. The second kappa shape index (κ2) is 4.81.